The average Bonchev–Trinajstić information content (AvgIpc) is 2.92. The third-order valence-corrected chi connectivity index (χ3v) is 6.72. The highest BCUT2D eigenvalue weighted by molar-refractivity contribution is 6.04. The van der Waals surface area contributed by atoms with Crippen molar-refractivity contribution in [3.63, 3.8) is 0 Å². The zero-order chi connectivity index (χ0) is 26.5. The Morgan fingerprint density at radius 1 is 1.03 bits per heavy atom. The molecule has 0 fully saturated rings. The number of amides is 2. The predicted molar refractivity (Wildman–Crippen MR) is 144 cm³/mol. The van der Waals surface area contributed by atoms with Crippen molar-refractivity contribution in [1.29, 1.82) is 0 Å². The molecule has 0 saturated carbocycles. The molecule has 0 bridgehead atoms. The number of rotatable bonds is 8. The second-order valence-corrected chi connectivity index (χ2v) is 8.98. The molecule has 4 aromatic rings. The molecule has 1 N–H and O–H groups in total. The summed E-state index contributed by atoms with van der Waals surface area (Å²) in [5, 5.41) is 3.73. The largest absolute Gasteiger partial charge is 0.497 e. The summed E-state index contributed by atoms with van der Waals surface area (Å²) in [5.74, 6) is 0.315. The summed E-state index contributed by atoms with van der Waals surface area (Å²) in [6, 6.07) is 21.6. The molecule has 7 heteroatoms. The van der Waals surface area contributed by atoms with Gasteiger partial charge in [-0.3, -0.25) is 9.59 Å². The second kappa shape index (κ2) is 11.1. The Bertz CT molecular complexity index is 1490. The van der Waals surface area contributed by atoms with Gasteiger partial charge in [0.25, 0.3) is 5.91 Å². The molecule has 3 aromatic carbocycles. The molecule has 1 unspecified atom stereocenters. The number of carbonyl (C=O) groups is 2. The van der Waals surface area contributed by atoms with Crippen LogP contribution < -0.4 is 15.7 Å². The first-order valence-corrected chi connectivity index (χ1v) is 12.1. The highest BCUT2D eigenvalue weighted by Gasteiger charge is 2.20. The Morgan fingerprint density at radius 3 is 2.51 bits per heavy atom. The first kappa shape index (κ1) is 25.7. The normalized spacial score (nSPS) is 11.7. The number of benzene rings is 3. The van der Waals surface area contributed by atoms with Gasteiger partial charge in [-0.25, -0.2) is 4.79 Å². The number of methoxy groups -OCH3 is 1. The zero-order valence-corrected chi connectivity index (χ0v) is 21.4. The Hall–Kier alpha value is -4.39. The van der Waals surface area contributed by atoms with E-state index < -0.39 is 5.63 Å². The molecule has 0 aliphatic heterocycles. The molecule has 2 amide bonds. The maximum atomic E-state index is 13.1. The van der Waals surface area contributed by atoms with Crippen molar-refractivity contribution in [2.45, 2.75) is 32.7 Å². The van der Waals surface area contributed by atoms with Crippen molar-refractivity contribution >= 4 is 28.5 Å². The first-order chi connectivity index (χ1) is 17.8. The van der Waals surface area contributed by atoms with Gasteiger partial charge in [-0.2, -0.15) is 0 Å². The summed E-state index contributed by atoms with van der Waals surface area (Å²) in [4.78, 5) is 39.9. The summed E-state index contributed by atoms with van der Waals surface area (Å²) in [6.07, 6.45) is 0.442. The SMILES string of the molecule is COc1ccc2c(C)c(CCC(=O)N(C)C(C)c3cccc(NC(=O)c4ccccc4)c3)c(=O)oc2c1. The van der Waals surface area contributed by atoms with Crippen LogP contribution in [0.2, 0.25) is 0 Å². The number of fused-ring (bicyclic) bond motifs is 1. The van der Waals surface area contributed by atoms with Gasteiger partial charge in [0.15, 0.2) is 0 Å². The van der Waals surface area contributed by atoms with Gasteiger partial charge in [0.1, 0.15) is 11.3 Å². The number of aryl methyl sites for hydroxylation is 1. The fourth-order valence-corrected chi connectivity index (χ4v) is 4.31. The average molecular weight is 499 g/mol. The van der Waals surface area contributed by atoms with Gasteiger partial charge < -0.3 is 19.4 Å². The van der Waals surface area contributed by atoms with Crippen LogP contribution >= 0.6 is 0 Å². The Morgan fingerprint density at radius 2 is 1.78 bits per heavy atom. The number of hydrogen-bond donors (Lipinski definition) is 1. The van der Waals surface area contributed by atoms with E-state index in [-0.39, 0.29) is 30.7 Å². The monoisotopic (exact) mass is 498 g/mol. The summed E-state index contributed by atoms with van der Waals surface area (Å²) >= 11 is 0. The van der Waals surface area contributed by atoms with Crippen LogP contribution in [0.3, 0.4) is 0 Å². The zero-order valence-electron chi connectivity index (χ0n) is 21.4. The van der Waals surface area contributed by atoms with Crippen LogP contribution in [0.15, 0.2) is 82.0 Å². The second-order valence-electron chi connectivity index (χ2n) is 8.98. The number of ether oxygens (including phenoxy) is 1. The van der Waals surface area contributed by atoms with E-state index in [4.69, 9.17) is 9.15 Å². The van der Waals surface area contributed by atoms with Crippen LogP contribution in [0, 0.1) is 6.92 Å². The van der Waals surface area contributed by atoms with E-state index in [1.54, 1.807) is 37.3 Å². The molecule has 1 heterocycles. The molecule has 0 aliphatic carbocycles. The number of nitrogens with zero attached hydrogens (tertiary/aromatic N) is 1. The van der Waals surface area contributed by atoms with E-state index in [1.165, 1.54) is 0 Å². The number of nitrogens with one attached hydrogen (secondary N) is 1. The van der Waals surface area contributed by atoms with E-state index in [0.717, 1.165) is 16.5 Å². The van der Waals surface area contributed by atoms with Gasteiger partial charge >= 0.3 is 5.63 Å². The number of anilines is 1. The summed E-state index contributed by atoms with van der Waals surface area (Å²) < 4.78 is 10.7. The molecule has 7 nitrogen and oxygen atoms in total. The maximum absolute atomic E-state index is 13.1. The van der Waals surface area contributed by atoms with Gasteiger partial charge in [0.2, 0.25) is 5.91 Å². The predicted octanol–water partition coefficient (Wildman–Crippen LogP) is 5.51. The topological polar surface area (TPSA) is 88.9 Å². The first-order valence-electron chi connectivity index (χ1n) is 12.1. The Kier molecular flexibility index (Phi) is 7.72. The highest BCUT2D eigenvalue weighted by Crippen LogP contribution is 2.26. The van der Waals surface area contributed by atoms with E-state index in [9.17, 15) is 14.4 Å². The molecule has 0 aliphatic rings. The minimum atomic E-state index is -0.441. The standard InChI is InChI=1S/C30H30N2O5/c1-19-25-14-13-24(36-4)18-27(25)37-30(35)26(19)15-16-28(33)32(3)20(2)22-11-8-12-23(17-22)31-29(34)21-9-6-5-7-10-21/h5-14,17-18,20H,15-16H2,1-4H3,(H,31,34). The van der Waals surface area contributed by atoms with E-state index in [1.807, 2.05) is 68.4 Å². The van der Waals surface area contributed by atoms with Crippen LogP contribution in [0.5, 0.6) is 5.75 Å². The lowest BCUT2D eigenvalue weighted by atomic mass is 10.0. The third kappa shape index (κ3) is 5.72. The molecular formula is C30H30N2O5. The van der Waals surface area contributed by atoms with Crippen molar-refractivity contribution in [3.05, 3.63) is 105 Å². The van der Waals surface area contributed by atoms with E-state index >= 15 is 0 Å². The fraction of sp³-hybridized carbons (Fsp3) is 0.233. The van der Waals surface area contributed by atoms with Crippen LogP contribution in [0.25, 0.3) is 11.0 Å². The van der Waals surface area contributed by atoms with E-state index in [2.05, 4.69) is 5.32 Å². The van der Waals surface area contributed by atoms with Crippen molar-refractivity contribution in [3.8, 4) is 5.75 Å². The number of carbonyl (C=O) groups excluding carboxylic acids is 2. The molecule has 1 atom stereocenters. The van der Waals surface area contributed by atoms with Gasteiger partial charge in [-0.1, -0.05) is 30.3 Å². The minimum Gasteiger partial charge on any atom is -0.497 e. The molecule has 190 valence electrons. The Labute approximate surface area is 215 Å². The van der Waals surface area contributed by atoms with Crippen molar-refractivity contribution in [2.75, 3.05) is 19.5 Å². The van der Waals surface area contributed by atoms with Gasteiger partial charge in [-0.15, -0.1) is 0 Å². The van der Waals surface area contributed by atoms with Crippen molar-refractivity contribution in [2.24, 2.45) is 0 Å². The van der Waals surface area contributed by atoms with Crippen molar-refractivity contribution < 1.29 is 18.7 Å². The van der Waals surface area contributed by atoms with Gasteiger partial charge in [0, 0.05) is 41.7 Å². The summed E-state index contributed by atoms with van der Waals surface area (Å²) in [7, 11) is 3.30. The third-order valence-electron chi connectivity index (χ3n) is 6.72. The molecule has 0 saturated heterocycles. The molecular weight excluding hydrogens is 468 g/mol. The van der Waals surface area contributed by atoms with Gasteiger partial charge in [-0.05, 0) is 67.8 Å². The van der Waals surface area contributed by atoms with Crippen LogP contribution in [0.1, 0.15) is 46.4 Å². The maximum Gasteiger partial charge on any atom is 0.339 e. The molecule has 0 spiro atoms. The fourth-order valence-electron chi connectivity index (χ4n) is 4.31. The van der Waals surface area contributed by atoms with Crippen molar-refractivity contribution in [1.82, 2.24) is 4.90 Å². The number of hydrogen-bond acceptors (Lipinski definition) is 5. The molecule has 37 heavy (non-hydrogen) atoms. The van der Waals surface area contributed by atoms with Crippen LogP contribution in [-0.2, 0) is 11.2 Å². The van der Waals surface area contributed by atoms with Gasteiger partial charge in [0.05, 0.1) is 13.2 Å². The molecule has 4 rings (SSSR count). The summed E-state index contributed by atoms with van der Waals surface area (Å²) in [5.41, 5.74) is 3.43. The van der Waals surface area contributed by atoms with E-state index in [0.29, 0.717) is 28.1 Å². The Balaban J connectivity index is 1.44. The highest BCUT2D eigenvalue weighted by atomic mass is 16.5. The minimum absolute atomic E-state index is 0.0974. The smallest absolute Gasteiger partial charge is 0.339 e. The lowest BCUT2D eigenvalue weighted by Gasteiger charge is -2.26. The van der Waals surface area contributed by atoms with Crippen LogP contribution in [-0.4, -0.2) is 30.9 Å². The lowest BCUT2D eigenvalue weighted by molar-refractivity contribution is -0.131. The molecule has 1 aromatic heterocycles. The lowest BCUT2D eigenvalue weighted by Crippen LogP contribution is -2.30. The molecule has 0 radical (unpaired) electrons. The quantitative estimate of drug-likeness (QED) is 0.324. The summed E-state index contributed by atoms with van der Waals surface area (Å²) in [6.45, 7) is 3.80. The van der Waals surface area contributed by atoms with Crippen LogP contribution in [0.4, 0.5) is 5.69 Å².